The summed E-state index contributed by atoms with van der Waals surface area (Å²) < 4.78 is 0. The number of hydrogen-bond donors (Lipinski definition) is 1. The number of aromatic amines is 1. The van der Waals surface area contributed by atoms with Crippen molar-refractivity contribution in [3.8, 4) is 0 Å². The van der Waals surface area contributed by atoms with Gasteiger partial charge < -0.3 is 4.98 Å². The van der Waals surface area contributed by atoms with E-state index in [0.29, 0.717) is 6.04 Å². The summed E-state index contributed by atoms with van der Waals surface area (Å²) in [4.78, 5) is 6.52. The van der Waals surface area contributed by atoms with Crippen LogP contribution in [0, 0.1) is 11.8 Å². The molecule has 108 valence electrons. The Labute approximate surface area is 125 Å². The van der Waals surface area contributed by atoms with Gasteiger partial charge in [0.2, 0.25) is 0 Å². The molecule has 0 amide bonds. The van der Waals surface area contributed by atoms with Gasteiger partial charge >= 0.3 is 0 Å². The molecule has 21 heavy (non-hydrogen) atoms. The third-order valence-electron chi connectivity index (χ3n) is 5.99. The smallest absolute Gasteiger partial charge is 0.0536 e. The summed E-state index contributed by atoms with van der Waals surface area (Å²) >= 11 is 0. The van der Waals surface area contributed by atoms with Crippen molar-refractivity contribution in [1.29, 1.82) is 0 Å². The van der Waals surface area contributed by atoms with Crippen molar-refractivity contribution in [2.75, 3.05) is 13.1 Å². The van der Waals surface area contributed by atoms with Crippen molar-refractivity contribution in [1.82, 2.24) is 9.88 Å². The van der Waals surface area contributed by atoms with E-state index in [9.17, 15) is 0 Å². The van der Waals surface area contributed by atoms with Crippen LogP contribution in [-0.2, 0) is 6.42 Å². The van der Waals surface area contributed by atoms with Crippen LogP contribution < -0.4 is 0 Å². The maximum atomic E-state index is 3.77. The van der Waals surface area contributed by atoms with Crippen LogP contribution in [0.1, 0.15) is 37.1 Å². The standard InChI is InChI=1S/C19H22N2/c1-12-6-7-14-13(10-12)11-21-9-8-16-15-4-2-3-5-17(15)20-18(16)19(14)21/h2-6,13-14,19-20H,7-11H2,1H3/t13-,14+,19-/m0/s1. The normalized spacial score (nSPS) is 31.7. The van der Waals surface area contributed by atoms with Gasteiger partial charge in [0, 0.05) is 29.7 Å². The van der Waals surface area contributed by atoms with Gasteiger partial charge in [0.15, 0.2) is 0 Å². The number of benzene rings is 1. The molecule has 2 aliphatic heterocycles. The summed E-state index contributed by atoms with van der Waals surface area (Å²) in [5.74, 6) is 1.69. The molecule has 1 aromatic heterocycles. The van der Waals surface area contributed by atoms with Gasteiger partial charge in [-0.3, -0.25) is 4.90 Å². The quantitative estimate of drug-likeness (QED) is 0.720. The lowest BCUT2D eigenvalue weighted by Crippen LogP contribution is -2.32. The molecule has 1 fully saturated rings. The molecule has 1 aliphatic carbocycles. The van der Waals surface area contributed by atoms with Crippen molar-refractivity contribution in [3.05, 3.63) is 47.2 Å². The zero-order valence-corrected chi connectivity index (χ0v) is 12.6. The average Bonchev–Trinajstić information content (AvgIpc) is 3.03. The van der Waals surface area contributed by atoms with Crippen LogP contribution in [-0.4, -0.2) is 23.0 Å². The van der Waals surface area contributed by atoms with Gasteiger partial charge in [0.25, 0.3) is 0 Å². The van der Waals surface area contributed by atoms with Gasteiger partial charge in [-0.1, -0.05) is 29.8 Å². The Morgan fingerprint density at radius 1 is 1.24 bits per heavy atom. The first-order valence-electron chi connectivity index (χ1n) is 8.30. The number of allylic oxidation sites excluding steroid dienone is 2. The molecule has 1 aromatic carbocycles. The highest BCUT2D eigenvalue weighted by Gasteiger charge is 2.46. The maximum absolute atomic E-state index is 3.77. The number of hydrogen-bond acceptors (Lipinski definition) is 1. The molecule has 2 aromatic rings. The Balaban J connectivity index is 1.64. The van der Waals surface area contributed by atoms with E-state index in [1.54, 1.807) is 11.1 Å². The Morgan fingerprint density at radius 2 is 2.14 bits per heavy atom. The van der Waals surface area contributed by atoms with E-state index in [1.165, 1.54) is 48.9 Å². The number of rotatable bonds is 0. The minimum Gasteiger partial charge on any atom is -0.357 e. The number of nitrogens with zero attached hydrogens (tertiary/aromatic N) is 1. The first-order valence-corrected chi connectivity index (χ1v) is 8.30. The Morgan fingerprint density at radius 3 is 3.10 bits per heavy atom. The van der Waals surface area contributed by atoms with Crippen LogP contribution in [0.2, 0.25) is 0 Å². The molecule has 1 saturated heterocycles. The van der Waals surface area contributed by atoms with E-state index in [-0.39, 0.29) is 0 Å². The van der Waals surface area contributed by atoms with E-state index in [0.717, 1.165) is 11.8 Å². The van der Waals surface area contributed by atoms with E-state index >= 15 is 0 Å². The third-order valence-corrected chi connectivity index (χ3v) is 5.99. The fourth-order valence-corrected chi connectivity index (χ4v) is 5.08. The van der Waals surface area contributed by atoms with Gasteiger partial charge in [0.1, 0.15) is 0 Å². The minimum atomic E-state index is 0.635. The summed E-state index contributed by atoms with van der Waals surface area (Å²) in [7, 11) is 0. The first-order chi connectivity index (χ1) is 10.3. The van der Waals surface area contributed by atoms with Crippen LogP contribution in [0.3, 0.4) is 0 Å². The number of fused-ring (bicyclic) bond motifs is 7. The second-order valence-corrected chi connectivity index (χ2v) is 7.17. The van der Waals surface area contributed by atoms with Crippen molar-refractivity contribution < 1.29 is 0 Å². The molecule has 0 unspecified atom stereocenters. The molecule has 5 rings (SSSR count). The van der Waals surface area contributed by atoms with Crippen molar-refractivity contribution in [2.24, 2.45) is 11.8 Å². The summed E-state index contributed by atoms with van der Waals surface area (Å²) in [5.41, 5.74) is 6.06. The highest BCUT2D eigenvalue weighted by Crippen LogP contribution is 2.50. The van der Waals surface area contributed by atoms with Gasteiger partial charge in [-0.05, 0) is 49.7 Å². The van der Waals surface area contributed by atoms with E-state index in [4.69, 9.17) is 0 Å². The largest absolute Gasteiger partial charge is 0.357 e. The summed E-state index contributed by atoms with van der Waals surface area (Å²) in [6.07, 6.45) is 6.28. The zero-order valence-electron chi connectivity index (χ0n) is 12.6. The lowest BCUT2D eigenvalue weighted by molar-refractivity contribution is 0.211. The van der Waals surface area contributed by atoms with Gasteiger partial charge in [0.05, 0.1) is 6.04 Å². The van der Waals surface area contributed by atoms with Crippen LogP contribution in [0.5, 0.6) is 0 Å². The van der Waals surface area contributed by atoms with E-state index in [1.807, 2.05) is 0 Å². The minimum absolute atomic E-state index is 0.635. The molecule has 2 nitrogen and oxygen atoms in total. The molecule has 2 heteroatoms. The molecular formula is C19H22N2. The van der Waals surface area contributed by atoms with Crippen LogP contribution in [0.15, 0.2) is 35.9 Å². The van der Waals surface area contributed by atoms with Crippen LogP contribution in [0.4, 0.5) is 0 Å². The third kappa shape index (κ3) is 1.63. The monoisotopic (exact) mass is 278 g/mol. The zero-order chi connectivity index (χ0) is 14.0. The molecule has 0 saturated carbocycles. The second-order valence-electron chi connectivity index (χ2n) is 7.17. The maximum Gasteiger partial charge on any atom is 0.0536 e. The molecule has 3 atom stereocenters. The number of para-hydroxylation sites is 1. The van der Waals surface area contributed by atoms with Crippen molar-refractivity contribution in [3.63, 3.8) is 0 Å². The topological polar surface area (TPSA) is 19.0 Å². The Bertz CT molecular complexity index is 739. The van der Waals surface area contributed by atoms with E-state index < -0.39 is 0 Å². The molecule has 0 spiro atoms. The van der Waals surface area contributed by atoms with Crippen LogP contribution >= 0.6 is 0 Å². The summed E-state index contributed by atoms with van der Waals surface area (Å²) in [6.45, 7) is 4.85. The first kappa shape index (κ1) is 12.0. The number of nitrogens with one attached hydrogen (secondary N) is 1. The summed E-state index contributed by atoms with van der Waals surface area (Å²) in [5, 5.41) is 1.46. The Hall–Kier alpha value is -1.54. The molecule has 3 heterocycles. The number of aromatic nitrogens is 1. The van der Waals surface area contributed by atoms with E-state index in [2.05, 4.69) is 47.1 Å². The SMILES string of the molecule is CC1=CC[C@@H]2[C@@H](C1)CN1CCc3c([nH]c4ccccc34)[C@H]21. The molecule has 0 radical (unpaired) electrons. The lowest BCUT2D eigenvalue weighted by Gasteiger charge is -2.33. The fourth-order valence-electron chi connectivity index (χ4n) is 5.08. The van der Waals surface area contributed by atoms with Gasteiger partial charge in [-0.25, -0.2) is 0 Å². The molecular weight excluding hydrogens is 256 g/mol. The highest BCUT2D eigenvalue weighted by atomic mass is 15.2. The lowest BCUT2D eigenvalue weighted by atomic mass is 9.77. The molecule has 1 N–H and O–H groups in total. The Kier molecular flexibility index (Phi) is 2.43. The van der Waals surface area contributed by atoms with Crippen molar-refractivity contribution in [2.45, 2.75) is 32.2 Å². The predicted octanol–water partition coefficient (Wildman–Crippen LogP) is 4.05. The second kappa shape index (κ2) is 4.23. The fraction of sp³-hybridized carbons (Fsp3) is 0.474. The molecule has 0 bridgehead atoms. The van der Waals surface area contributed by atoms with Gasteiger partial charge in [-0.15, -0.1) is 0 Å². The average molecular weight is 278 g/mol. The number of H-pyrrole nitrogens is 1. The highest BCUT2D eigenvalue weighted by molar-refractivity contribution is 5.85. The van der Waals surface area contributed by atoms with Crippen LogP contribution in [0.25, 0.3) is 10.9 Å². The molecule has 3 aliphatic rings. The van der Waals surface area contributed by atoms with Crippen molar-refractivity contribution >= 4 is 10.9 Å². The van der Waals surface area contributed by atoms with Gasteiger partial charge in [-0.2, -0.15) is 0 Å². The summed E-state index contributed by atoms with van der Waals surface area (Å²) in [6, 6.07) is 9.47. The predicted molar refractivity (Wildman–Crippen MR) is 86.3 cm³/mol.